The van der Waals surface area contributed by atoms with Crippen LogP contribution >= 0.6 is 11.6 Å². The molecular weight excluding hydrogens is 606 g/mol. The van der Waals surface area contributed by atoms with E-state index >= 15 is 0 Å². The van der Waals surface area contributed by atoms with E-state index in [1.165, 1.54) is 0 Å². The van der Waals surface area contributed by atoms with E-state index in [1.807, 2.05) is 39.0 Å². The van der Waals surface area contributed by atoms with Gasteiger partial charge in [-0.3, -0.25) is 9.69 Å². The number of hydrogen-bond acceptors (Lipinski definition) is 8. The van der Waals surface area contributed by atoms with Crippen LogP contribution in [0.25, 0.3) is 15.6 Å². The number of ether oxygens (including phenoxy) is 2. The molecule has 3 aliphatic rings. The van der Waals surface area contributed by atoms with Gasteiger partial charge >= 0.3 is 12.1 Å². The third-order valence-electron chi connectivity index (χ3n) is 8.94. The summed E-state index contributed by atoms with van der Waals surface area (Å²) in [5, 5.41) is 2.79. The number of likely N-dealkylation sites (tertiary alicyclic amines) is 1. The Bertz CT molecular complexity index is 1680. The highest BCUT2D eigenvalue weighted by molar-refractivity contribution is 6.36. The van der Waals surface area contributed by atoms with Crippen LogP contribution in [0.2, 0.25) is 5.02 Å². The summed E-state index contributed by atoms with van der Waals surface area (Å²) < 4.78 is 11.9. The second kappa shape index (κ2) is 12.8. The average Bonchev–Trinajstić information content (AvgIpc) is 3.34. The fourth-order valence-corrected chi connectivity index (χ4v) is 6.84. The van der Waals surface area contributed by atoms with Gasteiger partial charge in [0.2, 0.25) is 12.5 Å². The van der Waals surface area contributed by atoms with Crippen LogP contribution < -0.4 is 14.5 Å². The number of hydrogen-bond donors (Lipinski definition) is 0. The number of carbonyl (C=O) groups is 2. The van der Waals surface area contributed by atoms with Gasteiger partial charge in [0, 0.05) is 56.3 Å². The van der Waals surface area contributed by atoms with E-state index in [0.717, 1.165) is 46.5 Å². The van der Waals surface area contributed by atoms with Gasteiger partial charge in [0.25, 0.3) is 0 Å². The van der Waals surface area contributed by atoms with Crippen LogP contribution in [0.15, 0.2) is 36.4 Å². The number of rotatable bonds is 6. The molecule has 1 aromatic heterocycles. The number of amides is 2. The lowest BCUT2D eigenvalue weighted by atomic mass is 10.0. The predicted molar refractivity (Wildman–Crippen MR) is 177 cm³/mol. The first-order valence-corrected chi connectivity index (χ1v) is 16.2. The summed E-state index contributed by atoms with van der Waals surface area (Å²) in [4.78, 5) is 46.6. The molecule has 0 radical (unpaired) electrons. The Hall–Kier alpha value is -4.30. The fourth-order valence-electron chi connectivity index (χ4n) is 6.56. The fraction of sp³-hybridized carbons (Fsp3) is 0.500. The number of aromatic nitrogens is 2. The van der Waals surface area contributed by atoms with E-state index in [0.29, 0.717) is 50.7 Å². The van der Waals surface area contributed by atoms with Crippen molar-refractivity contribution in [3.63, 3.8) is 0 Å². The number of carbonyl (C=O) groups excluding carboxylic acids is 2. The van der Waals surface area contributed by atoms with Crippen molar-refractivity contribution < 1.29 is 19.1 Å². The van der Waals surface area contributed by atoms with Crippen molar-refractivity contribution in [2.45, 2.75) is 64.3 Å². The smallest absolute Gasteiger partial charge is 0.410 e. The first-order chi connectivity index (χ1) is 22.0. The van der Waals surface area contributed by atoms with E-state index in [2.05, 4.69) is 32.8 Å². The summed E-state index contributed by atoms with van der Waals surface area (Å²) in [6.45, 7) is 16.2. The minimum absolute atomic E-state index is 0.0367. The van der Waals surface area contributed by atoms with Crippen LogP contribution in [-0.4, -0.2) is 95.8 Å². The number of nitrogens with zero attached hydrogens (tertiary/aromatic N) is 7. The minimum atomic E-state index is -0.632. The van der Waals surface area contributed by atoms with Gasteiger partial charge in [-0.05, 0) is 51.1 Å². The van der Waals surface area contributed by atoms with E-state index in [-0.39, 0.29) is 30.5 Å². The monoisotopic (exact) mass is 645 g/mol. The van der Waals surface area contributed by atoms with Gasteiger partial charge in [0.15, 0.2) is 0 Å². The molecule has 242 valence electrons. The number of likely N-dealkylation sites (N-methyl/N-ethyl adjacent to an activating group) is 1. The number of anilines is 2. The van der Waals surface area contributed by atoms with Crippen LogP contribution in [0.3, 0.4) is 0 Å². The zero-order valence-corrected chi connectivity index (χ0v) is 27.6. The van der Waals surface area contributed by atoms with E-state index in [9.17, 15) is 9.59 Å². The molecule has 12 heteroatoms. The largest absolute Gasteiger partial charge is 0.461 e. The SMILES string of the molecule is [C-]#[N+]C[C@H]1CN(c2nc(OC[C@@H]3CCC(=O)N3C)nc3c2CCN(c2cccc4cccc(Cl)c24)C3)CCN1C(=O)OC(C)(C)C. The molecule has 0 saturated carbocycles. The van der Waals surface area contributed by atoms with Crippen molar-refractivity contribution in [2.75, 3.05) is 56.2 Å². The van der Waals surface area contributed by atoms with Crippen molar-refractivity contribution in [3.8, 4) is 6.01 Å². The van der Waals surface area contributed by atoms with Crippen LogP contribution in [0.1, 0.15) is 44.9 Å². The van der Waals surface area contributed by atoms with Crippen LogP contribution in [0.4, 0.5) is 16.3 Å². The third-order valence-corrected chi connectivity index (χ3v) is 9.26. The average molecular weight is 646 g/mol. The summed E-state index contributed by atoms with van der Waals surface area (Å²) in [5.74, 6) is 0.879. The van der Waals surface area contributed by atoms with E-state index < -0.39 is 11.7 Å². The molecular formula is C34H40ClN7O4. The van der Waals surface area contributed by atoms with Crippen LogP contribution in [-0.2, 0) is 22.5 Å². The van der Waals surface area contributed by atoms with Gasteiger partial charge in [-0.15, -0.1) is 0 Å². The van der Waals surface area contributed by atoms with E-state index in [1.54, 1.807) is 16.8 Å². The Labute approximate surface area is 274 Å². The summed E-state index contributed by atoms with van der Waals surface area (Å²) in [7, 11) is 1.80. The summed E-state index contributed by atoms with van der Waals surface area (Å²) in [5.41, 5.74) is 2.32. The summed E-state index contributed by atoms with van der Waals surface area (Å²) >= 11 is 6.70. The van der Waals surface area contributed by atoms with Crippen LogP contribution in [0, 0.1) is 6.57 Å². The third kappa shape index (κ3) is 6.49. The normalized spacial score (nSPS) is 20.1. The summed E-state index contributed by atoms with van der Waals surface area (Å²) in [6.07, 6.45) is 1.53. The molecule has 0 spiro atoms. The van der Waals surface area contributed by atoms with Crippen molar-refractivity contribution in [2.24, 2.45) is 0 Å². The molecule has 3 aliphatic heterocycles. The standard InChI is InChI=1S/C34H40ClN7O4/c1-34(2,3)46-33(44)42-17-16-41(19-24(42)18-36-4)31-25-14-15-40(28-11-7-9-22-8-6-10-26(35)30(22)28)20-27(25)37-32(38-31)45-21-23-12-13-29(43)39(23)5/h6-11,23-24H,12-21H2,1-3,5H3/t23-,24-/m0/s1. The molecule has 2 aromatic carbocycles. The lowest BCUT2D eigenvalue weighted by molar-refractivity contribution is -0.127. The molecule has 6 rings (SSSR count). The summed E-state index contributed by atoms with van der Waals surface area (Å²) in [6, 6.07) is 12.0. The van der Waals surface area contributed by atoms with E-state index in [4.69, 9.17) is 37.6 Å². The highest BCUT2D eigenvalue weighted by Crippen LogP contribution is 2.37. The molecule has 3 aromatic rings. The van der Waals surface area contributed by atoms with Crippen molar-refractivity contribution in [3.05, 3.63) is 64.1 Å². The molecule has 46 heavy (non-hydrogen) atoms. The first kappa shape index (κ1) is 31.7. The molecule has 0 N–H and O–H groups in total. The second-order valence-electron chi connectivity index (χ2n) is 13.2. The molecule has 2 saturated heterocycles. The Morgan fingerprint density at radius 3 is 2.57 bits per heavy atom. The van der Waals surface area contributed by atoms with Crippen molar-refractivity contribution in [1.82, 2.24) is 19.8 Å². The Balaban J connectivity index is 1.32. The highest BCUT2D eigenvalue weighted by Gasteiger charge is 2.37. The van der Waals surface area contributed by atoms with Gasteiger partial charge in [-0.2, -0.15) is 9.97 Å². The maximum absolute atomic E-state index is 13.1. The molecule has 0 bridgehead atoms. The molecule has 2 amide bonds. The second-order valence-corrected chi connectivity index (χ2v) is 13.6. The topological polar surface area (TPSA) is 95.7 Å². The highest BCUT2D eigenvalue weighted by atomic mass is 35.5. The van der Waals surface area contributed by atoms with Gasteiger partial charge in [0.1, 0.15) is 24.1 Å². The van der Waals surface area contributed by atoms with Gasteiger partial charge < -0.3 is 29.0 Å². The van der Waals surface area contributed by atoms with Crippen LogP contribution in [0.5, 0.6) is 6.01 Å². The molecule has 0 aliphatic carbocycles. The molecule has 11 nitrogen and oxygen atoms in total. The number of piperazine rings is 1. The molecule has 0 unspecified atom stereocenters. The Morgan fingerprint density at radius 2 is 1.85 bits per heavy atom. The number of benzene rings is 2. The minimum Gasteiger partial charge on any atom is -0.461 e. The zero-order valence-electron chi connectivity index (χ0n) is 26.8. The van der Waals surface area contributed by atoms with Crippen molar-refractivity contribution in [1.29, 1.82) is 0 Å². The maximum Gasteiger partial charge on any atom is 0.410 e. The van der Waals surface area contributed by atoms with Gasteiger partial charge in [-0.25, -0.2) is 11.4 Å². The van der Waals surface area contributed by atoms with Gasteiger partial charge in [-0.1, -0.05) is 35.9 Å². The number of fused-ring (bicyclic) bond motifs is 2. The quantitative estimate of drug-likeness (QED) is 0.338. The molecule has 2 atom stereocenters. The molecule has 4 heterocycles. The molecule has 2 fully saturated rings. The lowest BCUT2D eigenvalue weighted by Crippen LogP contribution is -2.57. The number of halogens is 1. The maximum atomic E-state index is 13.1. The predicted octanol–water partition coefficient (Wildman–Crippen LogP) is 5.19. The van der Waals surface area contributed by atoms with Crippen molar-refractivity contribution >= 4 is 45.9 Å². The van der Waals surface area contributed by atoms with Gasteiger partial charge in [0.05, 0.1) is 23.3 Å². The zero-order chi connectivity index (χ0) is 32.6. The Kier molecular flexibility index (Phi) is 8.84. The lowest BCUT2D eigenvalue weighted by Gasteiger charge is -2.41. The first-order valence-electron chi connectivity index (χ1n) is 15.8. The Morgan fingerprint density at radius 1 is 1.07 bits per heavy atom.